The molecule has 5 nitrogen and oxygen atoms in total. The van der Waals surface area contributed by atoms with E-state index in [0.717, 1.165) is 15.7 Å². The molecular formula is C19H17N3O2S2. The first-order valence-corrected chi connectivity index (χ1v) is 9.67. The van der Waals surface area contributed by atoms with E-state index in [1.165, 1.54) is 23.0 Å². The number of nitrogens with zero attached hydrogens (tertiary/aromatic N) is 2. The van der Waals surface area contributed by atoms with E-state index < -0.39 is 0 Å². The molecule has 1 N–H and O–H groups in total. The van der Waals surface area contributed by atoms with E-state index in [1.54, 1.807) is 24.9 Å². The van der Waals surface area contributed by atoms with E-state index in [9.17, 15) is 4.79 Å². The number of rotatable bonds is 7. The van der Waals surface area contributed by atoms with Gasteiger partial charge in [-0.2, -0.15) is 0 Å². The molecule has 1 amide bonds. The predicted octanol–water partition coefficient (Wildman–Crippen LogP) is 4.49. The molecule has 3 aromatic rings. The zero-order chi connectivity index (χ0) is 18.2. The van der Waals surface area contributed by atoms with Gasteiger partial charge in [-0.15, -0.1) is 10.2 Å². The van der Waals surface area contributed by atoms with Crippen LogP contribution in [0, 0.1) is 0 Å². The molecule has 0 aliphatic heterocycles. The van der Waals surface area contributed by atoms with Crippen LogP contribution in [0.4, 0.5) is 5.13 Å². The summed E-state index contributed by atoms with van der Waals surface area (Å²) in [5, 5.41) is 11.3. The van der Waals surface area contributed by atoms with Gasteiger partial charge in [-0.3, -0.25) is 10.1 Å². The zero-order valence-electron chi connectivity index (χ0n) is 14.1. The van der Waals surface area contributed by atoms with Crippen LogP contribution in [-0.4, -0.2) is 23.2 Å². The van der Waals surface area contributed by atoms with Crippen LogP contribution in [0.5, 0.6) is 5.75 Å². The van der Waals surface area contributed by atoms with Crippen LogP contribution in [0.25, 0.3) is 6.08 Å². The van der Waals surface area contributed by atoms with Crippen molar-refractivity contribution in [1.29, 1.82) is 0 Å². The second-order valence-electron chi connectivity index (χ2n) is 5.21. The van der Waals surface area contributed by atoms with Crippen molar-refractivity contribution in [2.75, 3.05) is 12.4 Å². The van der Waals surface area contributed by atoms with Gasteiger partial charge in [-0.1, -0.05) is 71.6 Å². The van der Waals surface area contributed by atoms with Gasteiger partial charge in [0.1, 0.15) is 5.75 Å². The topological polar surface area (TPSA) is 64.1 Å². The minimum atomic E-state index is -0.258. The van der Waals surface area contributed by atoms with E-state index >= 15 is 0 Å². The third-order valence-corrected chi connectivity index (χ3v) is 5.44. The smallest absolute Gasteiger partial charge is 0.250 e. The molecule has 0 saturated heterocycles. The van der Waals surface area contributed by atoms with Crippen molar-refractivity contribution >= 4 is 40.2 Å². The van der Waals surface area contributed by atoms with Crippen molar-refractivity contribution in [3.63, 3.8) is 0 Å². The van der Waals surface area contributed by atoms with Gasteiger partial charge in [0.05, 0.1) is 7.11 Å². The minimum absolute atomic E-state index is 0.258. The number of carbonyl (C=O) groups is 1. The molecule has 0 fully saturated rings. The molecule has 1 heterocycles. The maximum Gasteiger partial charge on any atom is 0.250 e. The summed E-state index contributed by atoms with van der Waals surface area (Å²) in [5.41, 5.74) is 2.06. The van der Waals surface area contributed by atoms with Crippen LogP contribution in [0.3, 0.4) is 0 Å². The van der Waals surface area contributed by atoms with Gasteiger partial charge in [-0.05, 0) is 17.7 Å². The minimum Gasteiger partial charge on any atom is -0.496 e. The molecule has 132 valence electrons. The van der Waals surface area contributed by atoms with Crippen LogP contribution < -0.4 is 10.1 Å². The quantitative estimate of drug-likeness (QED) is 0.370. The van der Waals surface area contributed by atoms with Gasteiger partial charge in [0.15, 0.2) is 4.34 Å². The monoisotopic (exact) mass is 383 g/mol. The Labute approximate surface area is 160 Å². The normalized spacial score (nSPS) is 10.8. The molecule has 26 heavy (non-hydrogen) atoms. The number of amides is 1. The third-order valence-electron chi connectivity index (χ3n) is 3.39. The number of benzene rings is 2. The summed E-state index contributed by atoms with van der Waals surface area (Å²) in [7, 11) is 1.60. The zero-order valence-corrected chi connectivity index (χ0v) is 15.7. The fourth-order valence-electron chi connectivity index (χ4n) is 2.15. The van der Waals surface area contributed by atoms with Crippen molar-refractivity contribution in [2.45, 2.75) is 10.1 Å². The molecule has 0 spiro atoms. The number of ether oxygens (including phenoxy) is 1. The van der Waals surface area contributed by atoms with Gasteiger partial charge in [0.25, 0.3) is 0 Å². The second kappa shape index (κ2) is 9.17. The Morgan fingerprint density at radius 2 is 1.92 bits per heavy atom. The highest BCUT2D eigenvalue weighted by Crippen LogP contribution is 2.28. The van der Waals surface area contributed by atoms with Crippen molar-refractivity contribution in [3.05, 3.63) is 71.8 Å². The van der Waals surface area contributed by atoms with Crippen LogP contribution in [0.15, 0.2) is 65.0 Å². The predicted molar refractivity (Wildman–Crippen MR) is 107 cm³/mol. The van der Waals surface area contributed by atoms with E-state index in [1.807, 2.05) is 42.5 Å². The molecule has 0 aliphatic carbocycles. The molecule has 3 rings (SSSR count). The van der Waals surface area contributed by atoms with E-state index in [4.69, 9.17) is 4.74 Å². The Morgan fingerprint density at radius 3 is 2.73 bits per heavy atom. The molecule has 0 unspecified atom stereocenters. The Hall–Kier alpha value is -2.64. The van der Waals surface area contributed by atoms with Crippen molar-refractivity contribution in [1.82, 2.24) is 10.2 Å². The average Bonchev–Trinajstić information content (AvgIpc) is 3.13. The third kappa shape index (κ3) is 5.18. The molecule has 0 atom stereocenters. The molecule has 0 bridgehead atoms. The number of hydrogen-bond acceptors (Lipinski definition) is 6. The second-order valence-corrected chi connectivity index (χ2v) is 7.41. The van der Waals surface area contributed by atoms with Gasteiger partial charge in [-0.25, -0.2) is 0 Å². The molecule has 0 radical (unpaired) electrons. The average molecular weight is 383 g/mol. The number of thioether (sulfide) groups is 1. The summed E-state index contributed by atoms with van der Waals surface area (Å²) >= 11 is 2.96. The first-order chi connectivity index (χ1) is 12.7. The summed E-state index contributed by atoms with van der Waals surface area (Å²) in [4.78, 5) is 12.1. The Morgan fingerprint density at radius 1 is 1.15 bits per heavy atom. The Balaban J connectivity index is 1.55. The maximum atomic E-state index is 12.1. The van der Waals surface area contributed by atoms with Crippen LogP contribution in [0.1, 0.15) is 11.1 Å². The molecule has 0 aliphatic rings. The van der Waals surface area contributed by atoms with Crippen molar-refractivity contribution < 1.29 is 9.53 Å². The first kappa shape index (κ1) is 18.2. The highest BCUT2D eigenvalue weighted by molar-refractivity contribution is 8.00. The maximum absolute atomic E-state index is 12.1. The number of para-hydroxylation sites is 1. The largest absolute Gasteiger partial charge is 0.496 e. The van der Waals surface area contributed by atoms with Gasteiger partial charge in [0, 0.05) is 17.4 Å². The Kier molecular flexibility index (Phi) is 6.40. The van der Waals surface area contributed by atoms with Crippen LogP contribution in [-0.2, 0) is 10.5 Å². The number of carbonyl (C=O) groups excluding carboxylic acids is 1. The summed E-state index contributed by atoms with van der Waals surface area (Å²) in [5.74, 6) is 1.27. The van der Waals surface area contributed by atoms with Gasteiger partial charge >= 0.3 is 0 Å². The molecule has 7 heteroatoms. The van der Waals surface area contributed by atoms with Crippen LogP contribution in [0.2, 0.25) is 0 Å². The lowest BCUT2D eigenvalue weighted by atomic mass is 10.2. The highest BCUT2D eigenvalue weighted by atomic mass is 32.2. The van der Waals surface area contributed by atoms with E-state index in [-0.39, 0.29) is 5.91 Å². The summed E-state index contributed by atoms with van der Waals surface area (Å²) in [6.07, 6.45) is 3.16. The lowest BCUT2D eigenvalue weighted by Gasteiger charge is -2.03. The summed E-state index contributed by atoms with van der Waals surface area (Å²) < 4.78 is 6.07. The van der Waals surface area contributed by atoms with Crippen LogP contribution >= 0.6 is 23.1 Å². The van der Waals surface area contributed by atoms with Gasteiger partial charge in [0.2, 0.25) is 11.0 Å². The number of aromatic nitrogens is 2. The number of methoxy groups -OCH3 is 1. The van der Waals surface area contributed by atoms with E-state index in [2.05, 4.69) is 27.6 Å². The lowest BCUT2D eigenvalue weighted by Crippen LogP contribution is -2.07. The van der Waals surface area contributed by atoms with Gasteiger partial charge < -0.3 is 4.74 Å². The lowest BCUT2D eigenvalue weighted by molar-refractivity contribution is -0.111. The first-order valence-electron chi connectivity index (χ1n) is 7.87. The SMILES string of the molecule is COc1ccccc1/C=C/C(=O)Nc1nnc(SCc2ccccc2)s1. The number of hydrogen-bond donors (Lipinski definition) is 1. The van der Waals surface area contributed by atoms with Crippen molar-refractivity contribution in [3.8, 4) is 5.75 Å². The molecule has 0 saturated carbocycles. The fraction of sp³-hybridized carbons (Fsp3) is 0.105. The summed E-state index contributed by atoms with van der Waals surface area (Å²) in [6, 6.07) is 17.6. The Bertz CT molecular complexity index is 895. The number of nitrogens with one attached hydrogen (secondary N) is 1. The van der Waals surface area contributed by atoms with E-state index in [0.29, 0.717) is 10.9 Å². The molecular weight excluding hydrogens is 366 g/mol. The highest BCUT2D eigenvalue weighted by Gasteiger charge is 2.07. The number of anilines is 1. The van der Waals surface area contributed by atoms with Crippen molar-refractivity contribution in [2.24, 2.45) is 0 Å². The summed E-state index contributed by atoms with van der Waals surface area (Å²) in [6.45, 7) is 0. The molecule has 2 aromatic carbocycles. The fourth-order valence-corrected chi connectivity index (χ4v) is 3.87. The molecule has 1 aromatic heterocycles. The standard InChI is InChI=1S/C19H17N3O2S2/c1-24-16-10-6-5-9-15(16)11-12-17(23)20-18-21-22-19(26-18)25-13-14-7-3-2-4-8-14/h2-12H,13H2,1H3,(H,20,21,23)/b12-11+.